The van der Waals surface area contributed by atoms with E-state index in [0.29, 0.717) is 0 Å². The monoisotopic (exact) mass is 284 g/mol. The number of nitrogens with one attached hydrogen (secondary N) is 1. The Morgan fingerprint density at radius 3 is 3.00 bits per heavy atom. The van der Waals surface area contributed by atoms with Crippen LogP contribution in [0.3, 0.4) is 0 Å². The summed E-state index contributed by atoms with van der Waals surface area (Å²) in [6.45, 7) is 3.38. The second kappa shape index (κ2) is 6.95. The van der Waals surface area contributed by atoms with Crippen molar-refractivity contribution in [2.75, 3.05) is 20.3 Å². The van der Waals surface area contributed by atoms with E-state index in [1.54, 1.807) is 18.4 Å². The van der Waals surface area contributed by atoms with Crippen molar-refractivity contribution < 1.29 is 4.74 Å². The largest absolute Gasteiger partial charge is 0.383 e. The van der Waals surface area contributed by atoms with Crippen LogP contribution < -0.4 is 5.32 Å². The van der Waals surface area contributed by atoms with Gasteiger partial charge in [0.15, 0.2) is 0 Å². The molecule has 3 nitrogen and oxygen atoms in total. The summed E-state index contributed by atoms with van der Waals surface area (Å²) >= 11 is 7.55. The number of thiophene rings is 1. The molecule has 2 rings (SSSR count). The van der Waals surface area contributed by atoms with Crippen molar-refractivity contribution in [3.8, 4) is 0 Å². The summed E-state index contributed by atoms with van der Waals surface area (Å²) in [5.74, 6) is 0. The van der Waals surface area contributed by atoms with E-state index in [2.05, 4.69) is 34.4 Å². The average Bonchev–Trinajstić information content (AvgIpc) is 2.95. The third kappa shape index (κ3) is 4.14. The molecule has 0 fully saturated rings. The second-order valence-electron chi connectivity index (χ2n) is 4.07. The molecule has 0 aliphatic rings. The van der Waals surface area contributed by atoms with Gasteiger partial charge >= 0.3 is 0 Å². The fourth-order valence-corrected chi connectivity index (χ4v) is 2.81. The highest BCUT2D eigenvalue weighted by molar-refractivity contribution is 7.16. The van der Waals surface area contributed by atoms with Crippen LogP contribution in [-0.2, 0) is 17.8 Å². The van der Waals surface area contributed by atoms with Gasteiger partial charge in [-0.15, -0.1) is 11.3 Å². The molecule has 98 valence electrons. The number of methoxy groups -OCH3 is 1. The molecule has 2 aromatic heterocycles. The van der Waals surface area contributed by atoms with Crippen LogP contribution in [0.1, 0.15) is 10.4 Å². The summed E-state index contributed by atoms with van der Waals surface area (Å²) in [7, 11) is 1.71. The Bertz CT molecular complexity index is 481. The lowest BCUT2D eigenvalue weighted by Gasteiger charge is -2.02. The molecule has 0 radical (unpaired) electrons. The maximum atomic E-state index is 5.92. The minimum atomic E-state index is 0.744. The molecule has 1 N–H and O–H groups in total. The van der Waals surface area contributed by atoms with Gasteiger partial charge in [0.1, 0.15) is 0 Å². The van der Waals surface area contributed by atoms with Gasteiger partial charge in [-0.25, -0.2) is 0 Å². The maximum absolute atomic E-state index is 5.92. The van der Waals surface area contributed by atoms with Gasteiger partial charge in [-0.05, 0) is 23.8 Å². The van der Waals surface area contributed by atoms with E-state index in [9.17, 15) is 0 Å². The van der Waals surface area contributed by atoms with E-state index in [1.165, 1.54) is 10.4 Å². The Labute approximate surface area is 116 Å². The first kappa shape index (κ1) is 13.6. The molecule has 0 aliphatic carbocycles. The fourth-order valence-electron chi connectivity index (χ4n) is 1.72. The SMILES string of the molecule is COCCNCc1ccn(Cc2ccc(Cl)s2)c1. The highest BCUT2D eigenvalue weighted by Gasteiger charge is 2.01. The average molecular weight is 285 g/mol. The molecule has 0 unspecified atom stereocenters. The van der Waals surface area contributed by atoms with E-state index in [4.69, 9.17) is 16.3 Å². The van der Waals surface area contributed by atoms with Crippen molar-refractivity contribution in [3.63, 3.8) is 0 Å². The molecule has 2 heterocycles. The number of hydrogen-bond donors (Lipinski definition) is 1. The molecule has 0 amide bonds. The first-order chi connectivity index (χ1) is 8.78. The zero-order chi connectivity index (χ0) is 12.8. The highest BCUT2D eigenvalue weighted by atomic mass is 35.5. The predicted molar refractivity (Wildman–Crippen MR) is 76.4 cm³/mol. The first-order valence-corrected chi connectivity index (χ1v) is 7.06. The van der Waals surface area contributed by atoms with Gasteiger partial charge in [-0.2, -0.15) is 0 Å². The summed E-state index contributed by atoms with van der Waals surface area (Å²) < 4.78 is 8.01. The van der Waals surface area contributed by atoms with Crippen molar-refractivity contribution in [2.45, 2.75) is 13.1 Å². The van der Waals surface area contributed by atoms with Crippen molar-refractivity contribution in [3.05, 3.63) is 45.4 Å². The van der Waals surface area contributed by atoms with E-state index in [0.717, 1.165) is 30.6 Å². The van der Waals surface area contributed by atoms with Crippen molar-refractivity contribution in [2.24, 2.45) is 0 Å². The Balaban J connectivity index is 1.82. The van der Waals surface area contributed by atoms with Gasteiger partial charge in [-0.3, -0.25) is 0 Å². The van der Waals surface area contributed by atoms with Crippen LogP contribution in [0.25, 0.3) is 0 Å². The molecular weight excluding hydrogens is 268 g/mol. The molecule has 0 saturated carbocycles. The van der Waals surface area contributed by atoms with Crippen molar-refractivity contribution >= 4 is 22.9 Å². The number of nitrogens with zero attached hydrogens (tertiary/aromatic N) is 1. The molecule has 0 bridgehead atoms. The van der Waals surface area contributed by atoms with Gasteiger partial charge in [0.05, 0.1) is 17.5 Å². The van der Waals surface area contributed by atoms with Crippen molar-refractivity contribution in [1.29, 1.82) is 0 Å². The lowest BCUT2D eigenvalue weighted by atomic mass is 10.3. The number of halogens is 1. The molecule has 2 aromatic rings. The van der Waals surface area contributed by atoms with E-state index in [-0.39, 0.29) is 0 Å². The zero-order valence-corrected chi connectivity index (χ0v) is 11.9. The van der Waals surface area contributed by atoms with E-state index in [1.807, 2.05) is 6.07 Å². The number of rotatable bonds is 7. The normalized spacial score (nSPS) is 11.0. The minimum Gasteiger partial charge on any atom is -0.383 e. The van der Waals surface area contributed by atoms with Gasteiger partial charge in [-0.1, -0.05) is 11.6 Å². The molecule has 5 heteroatoms. The van der Waals surface area contributed by atoms with Crippen LogP contribution in [0.15, 0.2) is 30.6 Å². The molecule has 18 heavy (non-hydrogen) atoms. The van der Waals surface area contributed by atoms with Crippen LogP contribution in [0.5, 0.6) is 0 Å². The Morgan fingerprint density at radius 1 is 1.39 bits per heavy atom. The smallest absolute Gasteiger partial charge is 0.0931 e. The predicted octanol–water partition coefficient (Wildman–Crippen LogP) is 2.99. The fraction of sp³-hybridized carbons (Fsp3) is 0.385. The summed E-state index contributed by atoms with van der Waals surface area (Å²) in [5, 5.41) is 3.33. The standard InChI is InChI=1S/C13H17ClN2OS/c1-17-7-5-15-8-11-4-6-16(9-11)10-12-2-3-13(14)18-12/h2-4,6,9,15H,5,7-8,10H2,1H3. The first-order valence-electron chi connectivity index (χ1n) is 5.86. The minimum absolute atomic E-state index is 0.744. The second-order valence-corrected chi connectivity index (χ2v) is 5.87. The Hall–Kier alpha value is -0.810. The van der Waals surface area contributed by atoms with Crippen LogP contribution in [0, 0.1) is 0 Å². The third-order valence-electron chi connectivity index (χ3n) is 2.59. The third-order valence-corrected chi connectivity index (χ3v) is 3.81. The summed E-state index contributed by atoms with van der Waals surface area (Å²) in [6, 6.07) is 6.15. The van der Waals surface area contributed by atoms with E-state index >= 15 is 0 Å². The summed E-state index contributed by atoms with van der Waals surface area (Å²) in [5.41, 5.74) is 1.29. The van der Waals surface area contributed by atoms with Gasteiger partial charge in [0, 0.05) is 37.5 Å². The summed E-state index contributed by atoms with van der Waals surface area (Å²) in [6.07, 6.45) is 4.26. The van der Waals surface area contributed by atoms with Crippen LogP contribution in [-0.4, -0.2) is 24.8 Å². The molecule has 0 saturated heterocycles. The Kier molecular flexibility index (Phi) is 5.26. The van der Waals surface area contributed by atoms with Gasteiger partial charge < -0.3 is 14.6 Å². The molecular formula is C13H17ClN2OS. The highest BCUT2D eigenvalue weighted by Crippen LogP contribution is 2.22. The van der Waals surface area contributed by atoms with Crippen molar-refractivity contribution in [1.82, 2.24) is 9.88 Å². The zero-order valence-electron chi connectivity index (χ0n) is 10.4. The van der Waals surface area contributed by atoms with Crippen LogP contribution in [0.2, 0.25) is 4.34 Å². The number of hydrogen-bond acceptors (Lipinski definition) is 3. The maximum Gasteiger partial charge on any atom is 0.0931 e. The van der Waals surface area contributed by atoms with Gasteiger partial charge in [0.2, 0.25) is 0 Å². The summed E-state index contributed by atoms with van der Waals surface area (Å²) in [4.78, 5) is 1.27. The molecule has 0 atom stereocenters. The lowest BCUT2D eigenvalue weighted by Crippen LogP contribution is -2.18. The number of ether oxygens (including phenoxy) is 1. The molecule has 0 spiro atoms. The van der Waals surface area contributed by atoms with Crippen LogP contribution in [0.4, 0.5) is 0 Å². The molecule has 0 aliphatic heterocycles. The van der Waals surface area contributed by atoms with Crippen LogP contribution >= 0.6 is 22.9 Å². The topological polar surface area (TPSA) is 26.2 Å². The lowest BCUT2D eigenvalue weighted by molar-refractivity contribution is 0.199. The quantitative estimate of drug-likeness (QED) is 0.791. The molecule has 0 aromatic carbocycles. The Morgan fingerprint density at radius 2 is 2.28 bits per heavy atom. The number of aromatic nitrogens is 1. The van der Waals surface area contributed by atoms with Gasteiger partial charge in [0.25, 0.3) is 0 Å². The van der Waals surface area contributed by atoms with E-state index < -0.39 is 0 Å².